The first kappa shape index (κ1) is 11.7. The van der Waals surface area contributed by atoms with Crippen molar-refractivity contribution in [3.05, 3.63) is 0 Å². The van der Waals surface area contributed by atoms with Gasteiger partial charge in [-0.05, 0) is 45.3 Å². The Kier molecular flexibility index (Phi) is 4.62. The Morgan fingerprint density at radius 1 is 1.50 bits per heavy atom. The maximum Gasteiger partial charge on any atom is 0.166 e. The van der Waals surface area contributed by atoms with Gasteiger partial charge < -0.3 is 15.4 Å². The molecule has 1 saturated carbocycles. The van der Waals surface area contributed by atoms with E-state index in [1.165, 1.54) is 12.8 Å². The lowest BCUT2D eigenvalue weighted by Gasteiger charge is -2.15. The van der Waals surface area contributed by atoms with Gasteiger partial charge in [0, 0.05) is 25.3 Å². The first-order chi connectivity index (χ1) is 6.66. The summed E-state index contributed by atoms with van der Waals surface area (Å²) in [7, 11) is 0. The van der Waals surface area contributed by atoms with Crippen LogP contribution in [0.3, 0.4) is 0 Å². The number of hydrogen-bond acceptors (Lipinski definition) is 2. The fourth-order valence-electron chi connectivity index (χ4n) is 1.15. The second-order valence-corrected chi connectivity index (χ2v) is 4.40. The number of rotatable bonds is 6. The molecular formula is C10H20N2OS. The quantitative estimate of drug-likeness (QED) is 0.520. The third kappa shape index (κ3) is 4.77. The molecule has 0 bridgehead atoms. The van der Waals surface area contributed by atoms with Crippen molar-refractivity contribution in [3.63, 3.8) is 0 Å². The lowest BCUT2D eigenvalue weighted by atomic mass is 10.3. The highest BCUT2D eigenvalue weighted by Crippen LogP contribution is 2.33. The summed E-state index contributed by atoms with van der Waals surface area (Å²) >= 11 is 5.16. The van der Waals surface area contributed by atoms with E-state index in [9.17, 15) is 0 Å². The normalized spacial score (nSPS) is 17.6. The van der Waals surface area contributed by atoms with Crippen LogP contribution in [0.5, 0.6) is 0 Å². The summed E-state index contributed by atoms with van der Waals surface area (Å²) < 4.78 is 5.22. The van der Waals surface area contributed by atoms with Crippen molar-refractivity contribution < 1.29 is 4.74 Å². The molecule has 82 valence electrons. The molecule has 0 radical (unpaired) electrons. The molecule has 2 N–H and O–H groups in total. The standard InChI is InChI=1S/C10H20N2OS/c1-3-13-8-4-7-11-9(14)12-10(2)5-6-10/h3-8H2,1-2H3,(H2,11,12,14). The minimum atomic E-state index is 0.282. The summed E-state index contributed by atoms with van der Waals surface area (Å²) in [6.07, 6.45) is 3.47. The number of nitrogens with one attached hydrogen (secondary N) is 2. The zero-order valence-corrected chi connectivity index (χ0v) is 9.88. The molecule has 0 heterocycles. The third-order valence-electron chi connectivity index (χ3n) is 2.37. The second kappa shape index (κ2) is 5.51. The summed E-state index contributed by atoms with van der Waals surface area (Å²) in [6, 6.07) is 0. The maximum atomic E-state index is 5.22. The fourth-order valence-corrected chi connectivity index (χ4v) is 1.50. The zero-order chi connectivity index (χ0) is 10.4. The van der Waals surface area contributed by atoms with Crippen LogP contribution in [-0.2, 0) is 4.74 Å². The van der Waals surface area contributed by atoms with Gasteiger partial charge >= 0.3 is 0 Å². The maximum absolute atomic E-state index is 5.22. The second-order valence-electron chi connectivity index (χ2n) is 3.99. The highest BCUT2D eigenvalue weighted by molar-refractivity contribution is 7.80. The SMILES string of the molecule is CCOCCCNC(=S)NC1(C)CC1. The molecule has 1 fully saturated rings. The van der Waals surface area contributed by atoms with Gasteiger partial charge in [0.1, 0.15) is 0 Å². The van der Waals surface area contributed by atoms with Crippen molar-refractivity contribution in [2.24, 2.45) is 0 Å². The number of hydrogen-bond donors (Lipinski definition) is 2. The Bertz CT molecular complexity index is 193. The number of thiocarbonyl (C=S) groups is 1. The van der Waals surface area contributed by atoms with Gasteiger partial charge in [0.15, 0.2) is 5.11 Å². The average molecular weight is 216 g/mol. The van der Waals surface area contributed by atoms with E-state index in [0.717, 1.165) is 31.3 Å². The Labute approximate surface area is 91.6 Å². The van der Waals surface area contributed by atoms with Crippen molar-refractivity contribution in [2.45, 2.75) is 38.6 Å². The van der Waals surface area contributed by atoms with Gasteiger partial charge in [-0.15, -0.1) is 0 Å². The fraction of sp³-hybridized carbons (Fsp3) is 0.900. The summed E-state index contributed by atoms with van der Waals surface area (Å²) in [6.45, 7) is 6.70. The average Bonchev–Trinajstić information content (AvgIpc) is 2.83. The van der Waals surface area contributed by atoms with Crippen molar-refractivity contribution in [3.8, 4) is 0 Å². The van der Waals surface area contributed by atoms with E-state index in [1.54, 1.807) is 0 Å². The minimum absolute atomic E-state index is 0.282. The smallest absolute Gasteiger partial charge is 0.166 e. The van der Waals surface area contributed by atoms with Gasteiger partial charge in [0.05, 0.1) is 0 Å². The molecule has 0 unspecified atom stereocenters. The van der Waals surface area contributed by atoms with Crippen LogP contribution in [-0.4, -0.2) is 30.4 Å². The summed E-state index contributed by atoms with van der Waals surface area (Å²) in [5.41, 5.74) is 0.282. The third-order valence-corrected chi connectivity index (χ3v) is 2.62. The zero-order valence-electron chi connectivity index (χ0n) is 9.06. The topological polar surface area (TPSA) is 33.3 Å². The molecule has 4 heteroatoms. The molecule has 0 atom stereocenters. The van der Waals surface area contributed by atoms with E-state index in [2.05, 4.69) is 17.6 Å². The molecule has 0 aromatic heterocycles. The molecule has 0 spiro atoms. The van der Waals surface area contributed by atoms with Crippen molar-refractivity contribution in [1.29, 1.82) is 0 Å². The largest absolute Gasteiger partial charge is 0.382 e. The van der Waals surface area contributed by atoms with Crippen molar-refractivity contribution in [1.82, 2.24) is 10.6 Å². The van der Waals surface area contributed by atoms with Gasteiger partial charge in [-0.1, -0.05) is 0 Å². The van der Waals surface area contributed by atoms with E-state index in [1.807, 2.05) is 6.92 Å². The molecule has 0 aromatic rings. The lowest BCUT2D eigenvalue weighted by Crippen LogP contribution is -2.42. The molecule has 1 aliphatic rings. The van der Waals surface area contributed by atoms with E-state index in [-0.39, 0.29) is 5.54 Å². The van der Waals surface area contributed by atoms with Crippen LogP contribution in [0.25, 0.3) is 0 Å². The monoisotopic (exact) mass is 216 g/mol. The highest BCUT2D eigenvalue weighted by Gasteiger charge is 2.37. The number of ether oxygens (including phenoxy) is 1. The van der Waals surface area contributed by atoms with Crippen LogP contribution >= 0.6 is 12.2 Å². The summed E-state index contributed by atoms with van der Waals surface area (Å²) in [4.78, 5) is 0. The van der Waals surface area contributed by atoms with Crippen LogP contribution in [0, 0.1) is 0 Å². The molecule has 0 aromatic carbocycles. The molecule has 14 heavy (non-hydrogen) atoms. The van der Waals surface area contributed by atoms with Gasteiger partial charge in [-0.2, -0.15) is 0 Å². The van der Waals surface area contributed by atoms with Crippen molar-refractivity contribution >= 4 is 17.3 Å². The van der Waals surface area contributed by atoms with Gasteiger partial charge in [0.2, 0.25) is 0 Å². The van der Waals surface area contributed by atoms with Gasteiger partial charge in [-0.3, -0.25) is 0 Å². The molecule has 0 amide bonds. The molecular weight excluding hydrogens is 196 g/mol. The Morgan fingerprint density at radius 2 is 2.21 bits per heavy atom. The predicted molar refractivity (Wildman–Crippen MR) is 62.5 cm³/mol. The predicted octanol–water partition coefficient (Wildman–Crippen LogP) is 1.43. The van der Waals surface area contributed by atoms with Crippen LogP contribution in [0.15, 0.2) is 0 Å². The molecule has 1 aliphatic carbocycles. The van der Waals surface area contributed by atoms with Crippen LogP contribution in [0.4, 0.5) is 0 Å². The Hall–Kier alpha value is -0.350. The Balaban J connectivity index is 1.93. The van der Waals surface area contributed by atoms with Crippen LogP contribution in [0.2, 0.25) is 0 Å². The lowest BCUT2D eigenvalue weighted by molar-refractivity contribution is 0.145. The first-order valence-electron chi connectivity index (χ1n) is 5.30. The molecule has 1 rings (SSSR count). The van der Waals surface area contributed by atoms with Gasteiger partial charge in [0.25, 0.3) is 0 Å². The molecule has 3 nitrogen and oxygen atoms in total. The Morgan fingerprint density at radius 3 is 2.79 bits per heavy atom. The van der Waals surface area contributed by atoms with Gasteiger partial charge in [-0.25, -0.2) is 0 Å². The first-order valence-corrected chi connectivity index (χ1v) is 5.71. The molecule has 0 saturated heterocycles. The van der Waals surface area contributed by atoms with Crippen molar-refractivity contribution in [2.75, 3.05) is 19.8 Å². The van der Waals surface area contributed by atoms with Crippen LogP contribution < -0.4 is 10.6 Å². The van der Waals surface area contributed by atoms with E-state index >= 15 is 0 Å². The van der Waals surface area contributed by atoms with E-state index in [0.29, 0.717) is 0 Å². The molecule has 0 aliphatic heterocycles. The summed E-state index contributed by atoms with van der Waals surface area (Å²) in [5.74, 6) is 0. The van der Waals surface area contributed by atoms with Crippen LogP contribution in [0.1, 0.15) is 33.1 Å². The summed E-state index contributed by atoms with van der Waals surface area (Å²) in [5, 5.41) is 7.26. The highest BCUT2D eigenvalue weighted by atomic mass is 32.1. The van der Waals surface area contributed by atoms with E-state index < -0.39 is 0 Å². The van der Waals surface area contributed by atoms with E-state index in [4.69, 9.17) is 17.0 Å². The minimum Gasteiger partial charge on any atom is -0.382 e.